The summed E-state index contributed by atoms with van der Waals surface area (Å²) in [5, 5.41) is 0.947. The highest BCUT2D eigenvalue weighted by atomic mass is 16.6. The van der Waals surface area contributed by atoms with Crippen molar-refractivity contribution in [1.29, 1.82) is 0 Å². The lowest BCUT2D eigenvalue weighted by Gasteiger charge is -2.19. The summed E-state index contributed by atoms with van der Waals surface area (Å²) in [5.41, 5.74) is 1.15. The van der Waals surface area contributed by atoms with Crippen molar-refractivity contribution in [2.45, 2.75) is 46.1 Å². The van der Waals surface area contributed by atoms with E-state index in [0.717, 1.165) is 16.5 Å². The molecule has 2 aromatic rings. The summed E-state index contributed by atoms with van der Waals surface area (Å²) >= 11 is 0. The van der Waals surface area contributed by atoms with Crippen LogP contribution < -0.4 is 0 Å². The Morgan fingerprint density at radius 2 is 1.87 bits per heavy atom. The number of para-hydroxylation sites is 1. The second kappa shape index (κ2) is 6.86. The van der Waals surface area contributed by atoms with Gasteiger partial charge in [0.2, 0.25) is 0 Å². The number of carbonyl (C=O) groups excluding carboxylic acids is 2. The summed E-state index contributed by atoms with van der Waals surface area (Å²) in [6.07, 6.45) is 2.14. The van der Waals surface area contributed by atoms with Crippen LogP contribution in [0.1, 0.15) is 39.7 Å². The van der Waals surface area contributed by atoms with Gasteiger partial charge in [-0.3, -0.25) is 9.36 Å². The van der Waals surface area contributed by atoms with Gasteiger partial charge in [0.1, 0.15) is 5.60 Å². The SMILES string of the molecule is CCOC(=O)CCc1cn(C(=O)OC(C)(C)C)c2ccccc12. The summed E-state index contributed by atoms with van der Waals surface area (Å²) in [7, 11) is 0. The van der Waals surface area contributed by atoms with Gasteiger partial charge in [0.05, 0.1) is 12.1 Å². The summed E-state index contributed by atoms with van der Waals surface area (Å²) in [4.78, 5) is 23.9. The van der Waals surface area contributed by atoms with Gasteiger partial charge in [0.15, 0.2) is 0 Å². The molecule has 0 atom stereocenters. The molecule has 0 radical (unpaired) electrons. The third kappa shape index (κ3) is 4.34. The van der Waals surface area contributed by atoms with Crippen molar-refractivity contribution in [2.75, 3.05) is 6.61 Å². The Morgan fingerprint density at radius 3 is 2.52 bits per heavy atom. The third-order valence-electron chi connectivity index (χ3n) is 3.29. The standard InChI is InChI=1S/C18H23NO4/c1-5-22-16(20)11-10-13-12-19(17(21)23-18(2,3)4)15-9-7-6-8-14(13)15/h6-9,12H,5,10-11H2,1-4H3. The fourth-order valence-corrected chi connectivity index (χ4v) is 2.38. The van der Waals surface area contributed by atoms with Crippen molar-refractivity contribution in [3.63, 3.8) is 0 Å². The minimum absolute atomic E-state index is 0.235. The summed E-state index contributed by atoms with van der Waals surface area (Å²) < 4.78 is 11.9. The number of ether oxygens (including phenoxy) is 2. The summed E-state index contributed by atoms with van der Waals surface area (Å²) in [6, 6.07) is 7.60. The largest absolute Gasteiger partial charge is 0.466 e. The summed E-state index contributed by atoms with van der Waals surface area (Å²) in [5.74, 6) is -0.235. The van der Waals surface area contributed by atoms with Crippen molar-refractivity contribution in [2.24, 2.45) is 0 Å². The van der Waals surface area contributed by atoms with Crippen molar-refractivity contribution < 1.29 is 19.1 Å². The minimum atomic E-state index is -0.562. The Morgan fingerprint density at radius 1 is 1.17 bits per heavy atom. The first-order valence-corrected chi connectivity index (χ1v) is 7.79. The molecule has 0 fully saturated rings. The van der Waals surface area contributed by atoms with Gasteiger partial charge in [-0.25, -0.2) is 4.79 Å². The maximum Gasteiger partial charge on any atom is 0.419 e. The Hall–Kier alpha value is -2.30. The van der Waals surface area contributed by atoms with Crippen LogP contribution in [0.5, 0.6) is 0 Å². The minimum Gasteiger partial charge on any atom is -0.466 e. The van der Waals surface area contributed by atoms with E-state index in [1.54, 1.807) is 13.1 Å². The maximum absolute atomic E-state index is 12.4. The molecule has 1 heterocycles. The molecule has 0 saturated heterocycles. The van der Waals surface area contributed by atoms with Gasteiger partial charge in [-0.05, 0) is 45.7 Å². The average molecular weight is 317 g/mol. The molecular weight excluding hydrogens is 294 g/mol. The first-order valence-electron chi connectivity index (χ1n) is 7.79. The van der Waals surface area contributed by atoms with Crippen molar-refractivity contribution >= 4 is 23.0 Å². The zero-order valence-corrected chi connectivity index (χ0v) is 14.1. The van der Waals surface area contributed by atoms with E-state index in [2.05, 4.69) is 0 Å². The second-order valence-electron chi connectivity index (χ2n) is 6.33. The maximum atomic E-state index is 12.4. The highest BCUT2D eigenvalue weighted by Gasteiger charge is 2.20. The van der Waals surface area contributed by atoms with E-state index in [1.807, 2.05) is 45.0 Å². The van der Waals surface area contributed by atoms with E-state index < -0.39 is 11.7 Å². The van der Waals surface area contributed by atoms with Crippen LogP contribution in [-0.2, 0) is 20.7 Å². The molecule has 5 nitrogen and oxygen atoms in total. The molecule has 2 rings (SSSR count). The second-order valence-corrected chi connectivity index (χ2v) is 6.33. The normalized spacial score (nSPS) is 11.5. The number of esters is 1. The molecule has 5 heteroatoms. The van der Waals surface area contributed by atoms with Crippen LogP contribution in [0, 0.1) is 0 Å². The van der Waals surface area contributed by atoms with Crippen LogP contribution in [0.15, 0.2) is 30.5 Å². The zero-order valence-electron chi connectivity index (χ0n) is 14.1. The third-order valence-corrected chi connectivity index (χ3v) is 3.29. The molecule has 1 aromatic heterocycles. The fourth-order valence-electron chi connectivity index (χ4n) is 2.38. The van der Waals surface area contributed by atoms with Gasteiger partial charge >= 0.3 is 12.1 Å². The predicted molar refractivity (Wildman–Crippen MR) is 88.5 cm³/mol. The number of rotatable bonds is 4. The lowest BCUT2D eigenvalue weighted by molar-refractivity contribution is -0.143. The molecule has 0 amide bonds. The van der Waals surface area contributed by atoms with Crippen LogP contribution in [-0.4, -0.2) is 28.8 Å². The van der Waals surface area contributed by atoms with Gasteiger partial charge in [0.25, 0.3) is 0 Å². The smallest absolute Gasteiger partial charge is 0.419 e. The highest BCUT2D eigenvalue weighted by Crippen LogP contribution is 2.24. The van der Waals surface area contributed by atoms with E-state index in [9.17, 15) is 9.59 Å². The number of benzene rings is 1. The van der Waals surface area contributed by atoms with E-state index in [0.29, 0.717) is 13.0 Å². The van der Waals surface area contributed by atoms with E-state index >= 15 is 0 Å². The van der Waals surface area contributed by atoms with Gasteiger partial charge < -0.3 is 9.47 Å². The van der Waals surface area contributed by atoms with E-state index in [1.165, 1.54) is 4.57 Å². The molecular formula is C18H23NO4. The van der Waals surface area contributed by atoms with Crippen LogP contribution in [0.3, 0.4) is 0 Å². The molecule has 0 unspecified atom stereocenters. The molecule has 0 N–H and O–H groups in total. The lowest BCUT2D eigenvalue weighted by atomic mass is 10.1. The van der Waals surface area contributed by atoms with Crippen molar-refractivity contribution in [3.8, 4) is 0 Å². The number of aryl methyl sites for hydroxylation is 1. The first-order chi connectivity index (χ1) is 10.8. The average Bonchev–Trinajstić information content (AvgIpc) is 2.83. The van der Waals surface area contributed by atoms with Gasteiger partial charge in [-0.2, -0.15) is 0 Å². The molecule has 124 valence electrons. The Kier molecular flexibility index (Phi) is 5.08. The van der Waals surface area contributed by atoms with Crippen molar-refractivity contribution in [3.05, 3.63) is 36.0 Å². The highest BCUT2D eigenvalue weighted by molar-refractivity contribution is 5.92. The number of carbonyl (C=O) groups is 2. The Balaban J connectivity index is 2.29. The van der Waals surface area contributed by atoms with Crippen LogP contribution in [0.4, 0.5) is 4.79 Å². The van der Waals surface area contributed by atoms with Crippen LogP contribution >= 0.6 is 0 Å². The molecule has 0 saturated carbocycles. The van der Waals surface area contributed by atoms with Crippen LogP contribution in [0.25, 0.3) is 10.9 Å². The van der Waals surface area contributed by atoms with Gasteiger partial charge in [-0.1, -0.05) is 18.2 Å². The van der Waals surface area contributed by atoms with Crippen LogP contribution in [0.2, 0.25) is 0 Å². The lowest BCUT2D eigenvalue weighted by Crippen LogP contribution is -2.26. The fraction of sp³-hybridized carbons (Fsp3) is 0.444. The number of nitrogens with zero attached hydrogens (tertiary/aromatic N) is 1. The molecule has 0 aliphatic carbocycles. The quantitative estimate of drug-likeness (QED) is 0.802. The molecule has 0 aliphatic heterocycles. The predicted octanol–water partition coefficient (Wildman–Crippen LogP) is 3.92. The number of aromatic nitrogens is 1. The topological polar surface area (TPSA) is 57.5 Å². The number of fused-ring (bicyclic) bond motifs is 1. The number of hydrogen-bond donors (Lipinski definition) is 0. The Bertz CT molecular complexity index is 709. The Labute approximate surface area is 136 Å². The summed E-state index contributed by atoms with van der Waals surface area (Å²) in [6.45, 7) is 7.65. The molecule has 1 aromatic carbocycles. The molecule has 23 heavy (non-hydrogen) atoms. The van der Waals surface area contributed by atoms with E-state index in [4.69, 9.17) is 9.47 Å². The zero-order chi connectivity index (χ0) is 17.0. The van der Waals surface area contributed by atoms with Crippen molar-refractivity contribution in [1.82, 2.24) is 4.57 Å². The molecule has 0 spiro atoms. The monoisotopic (exact) mass is 317 g/mol. The molecule has 0 bridgehead atoms. The number of hydrogen-bond acceptors (Lipinski definition) is 4. The molecule has 0 aliphatic rings. The van der Waals surface area contributed by atoms with Gasteiger partial charge in [0, 0.05) is 18.0 Å². The van der Waals surface area contributed by atoms with E-state index in [-0.39, 0.29) is 12.4 Å². The first kappa shape index (κ1) is 17.1. The van der Waals surface area contributed by atoms with Gasteiger partial charge in [-0.15, -0.1) is 0 Å².